The summed E-state index contributed by atoms with van der Waals surface area (Å²) in [5.41, 5.74) is 1.39. The largest absolute Gasteiger partial charge is 0.492 e. The second-order valence-corrected chi connectivity index (χ2v) is 4.62. The molecule has 108 valence electrons. The molecule has 21 heavy (non-hydrogen) atoms. The molecule has 0 fully saturated rings. The standard InChI is InChI=1S/C17H18N2O2/c18-12-14-6-8-15(9-7-14)17(20)13-19-10-11-21-16-4-2-1-3-5-16/h1-9,17,19-20H,10-11,13H2. The van der Waals surface area contributed by atoms with Gasteiger partial charge >= 0.3 is 0 Å². The lowest BCUT2D eigenvalue weighted by molar-refractivity contribution is 0.172. The van der Waals surface area contributed by atoms with Gasteiger partial charge in [0.05, 0.1) is 17.7 Å². The van der Waals surface area contributed by atoms with Crippen molar-refractivity contribution in [2.24, 2.45) is 0 Å². The highest BCUT2D eigenvalue weighted by Gasteiger charge is 2.06. The predicted molar refractivity (Wildman–Crippen MR) is 80.9 cm³/mol. The number of hydrogen-bond acceptors (Lipinski definition) is 4. The van der Waals surface area contributed by atoms with E-state index in [1.807, 2.05) is 30.3 Å². The summed E-state index contributed by atoms with van der Waals surface area (Å²) >= 11 is 0. The molecule has 0 saturated carbocycles. The molecule has 2 rings (SSSR count). The molecular weight excluding hydrogens is 264 g/mol. The van der Waals surface area contributed by atoms with E-state index in [1.165, 1.54) is 0 Å². The molecule has 0 aromatic heterocycles. The molecular formula is C17H18N2O2. The smallest absolute Gasteiger partial charge is 0.119 e. The number of para-hydroxylation sites is 1. The number of benzene rings is 2. The van der Waals surface area contributed by atoms with E-state index >= 15 is 0 Å². The maximum Gasteiger partial charge on any atom is 0.119 e. The molecule has 0 aliphatic carbocycles. The minimum absolute atomic E-state index is 0.448. The molecule has 0 spiro atoms. The van der Waals surface area contributed by atoms with Gasteiger partial charge in [-0.25, -0.2) is 0 Å². The van der Waals surface area contributed by atoms with Crippen LogP contribution >= 0.6 is 0 Å². The third-order valence-electron chi connectivity index (χ3n) is 3.05. The second-order valence-electron chi connectivity index (χ2n) is 4.62. The molecule has 0 aliphatic rings. The van der Waals surface area contributed by atoms with Crippen LogP contribution in [0.25, 0.3) is 0 Å². The van der Waals surface area contributed by atoms with Crippen molar-refractivity contribution in [3.8, 4) is 11.8 Å². The molecule has 0 bridgehead atoms. The van der Waals surface area contributed by atoms with Gasteiger partial charge in [0.15, 0.2) is 0 Å². The molecule has 0 heterocycles. The average Bonchev–Trinajstić information content (AvgIpc) is 2.55. The molecule has 4 nitrogen and oxygen atoms in total. The average molecular weight is 282 g/mol. The van der Waals surface area contributed by atoms with E-state index in [4.69, 9.17) is 10.00 Å². The van der Waals surface area contributed by atoms with Crippen LogP contribution in [0.15, 0.2) is 54.6 Å². The number of aliphatic hydroxyl groups excluding tert-OH is 1. The maximum absolute atomic E-state index is 10.0. The van der Waals surface area contributed by atoms with Crippen LogP contribution in [0.4, 0.5) is 0 Å². The Labute approximate surface area is 124 Å². The Morgan fingerprint density at radius 1 is 1.10 bits per heavy atom. The molecule has 1 unspecified atom stereocenters. The number of nitrogens with zero attached hydrogens (tertiary/aromatic N) is 1. The topological polar surface area (TPSA) is 65.3 Å². The fourth-order valence-corrected chi connectivity index (χ4v) is 1.89. The Morgan fingerprint density at radius 2 is 1.81 bits per heavy atom. The Hall–Kier alpha value is -2.35. The highest BCUT2D eigenvalue weighted by atomic mass is 16.5. The Bertz CT molecular complexity index is 576. The molecule has 2 aromatic rings. The lowest BCUT2D eigenvalue weighted by Gasteiger charge is -2.12. The minimum Gasteiger partial charge on any atom is -0.492 e. The van der Waals surface area contributed by atoms with Gasteiger partial charge in [-0.1, -0.05) is 30.3 Å². The summed E-state index contributed by atoms with van der Waals surface area (Å²) in [5.74, 6) is 0.840. The van der Waals surface area contributed by atoms with Crippen molar-refractivity contribution >= 4 is 0 Å². The first kappa shape index (κ1) is 15.0. The lowest BCUT2D eigenvalue weighted by Crippen LogP contribution is -2.26. The molecule has 0 radical (unpaired) electrons. The number of rotatable bonds is 7. The lowest BCUT2D eigenvalue weighted by atomic mass is 10.1. The van der Waals surface area contributed by atoms with Crippen molar-refractivity contribution in [1.82, 2.24) is 5.32 Å². The van der Waals surface area contributed by atoms with E-state index < -0.39 is 6.10 Å². The molecule has 1 atom stereocenters. The van der Waals surface area contributed by atoms with E-state index in [-0.39, 0.29) is 0 Å². The van der Waals surface area contributed by atoms with Gasteiger partial charge in [-0.15, -0.1) is 0 Å². The van der Waals surface area contributed by atoms with Gasteiger partial charge in [-0.3, -0.25) is 0 Å². The summed E-state index contributed by atoms with van der Waals surface area (Å²) in [4.78, 5) is 0. The molecule has 0 amide bonds. The van der Waals surface area contributed by atoms with Crippen molar-refractivity contribution in [1.29, 1.82) is 5.26 Å². The SMILES string of the molecule is N#Cc1ccc(C(O)CNCCOc2ccccc2)cc1. The van der Waals surface area contributed by atoms with Crippen LogP contribution < -0.4 is 10.1 Å². The Morgan fingerprint density at radius 3 is 2.48 bits per heavy atom. The fraction of sp³-hybridized carbons (Fsp3) is 0.235. The summed E-state index contributed by atoms with van der Waals surface area (Å²) in [6.07, 6.45) is -0.588. The molecule has 0 aliphatic heterocycles. The van der Waals surface area contributed by atoms with Crippen LogP contribution in [0.2, 0.25) is 0 Å². The number of hydrogen-bond donors (Lipinski definition) is 2. The van der Waals surface area contributed by atoms with Crippen LogP contribution in [-0.2, 0) is 0 Å². The van der Waals surface area contributed by atoms with E-state index in [1.54, 1.807) is 24.3 Å². The first-order valence-electron chi connectivity index (χ1n) is 6.86. The number of aliphatic hydroxyl groups is 1. The third kappa shape index (κ3) is 4.92. The summed E-state index contributed by atoms with van der Waals surface area (Å²) in [6.45, 7) is 1.65. The fourth-order valence-electron chi connectivity index (χ4n) is 1.89. The van der Waals surface area contributed by atoms with Crippen molar-refractivity contribution in [3.05, 3.63) is 65.7 Å². The number of ether oxygens (including phenoxy) is 1. The summed E-state index contributed by atoms with van der Waals surface area (Å²) in [5, 5.41) is 21.9. The summed E-state index contributed by atoms with van der Waals surface area (Å²) in [7, 11) is 0. The summed E-state index contributed by atoms with van der Waals surface area (Å²) in [6, 6.07) is 18.6. The zero-order chi connectivity index (χ0) is 14.9. The van der Waals surface area contributed by atoms with Crippen LogP contribution in [0.1, 0.15) is 17.2 Å². The minimum atomic E-state index is -0.588. The monoisotopic (exact) mass is 282 g/mol. The van der Waals surface area contributed by atoms with E-state index in [0.717, 1.165) is 11.3 Å². The van der Waals surface area contributed by atoms with Crippen molar-refractivity contribution in [2.75, 3.05) is 19.7 Å². The highest BCUT2D eigenvalue weighted by Crippen LogP contribution is 2.12. The van der Waals surface area contributed by atoms with Gasteiger partial charge in [-0.2, -0.15) is 5.26 Å². The van der Waals surface area contributed by atoms with E-state index in [2.05, 4.69) is 11.4 Å². The second kappa shape index (κ2) is 8.05. The molecule has 2 aromatic carbocycles. The van der Waals surface area contributed by atoms with Crippen molar-refractivity contribution < 1.29 is 9.84 Å². The molecule has 2 N–H and O–H groups in total. The Balaban J connectivity index is 1.67. The highest BCUT2D eigenvalue weighted by molar-refractivity contribution is 5.32. The maximum atomic E-state index is 10.0. The van der Waals surface area contributed by atoms with Crippen molar-refractivity contribution in [2.45, 2.75) is 6.10 Å². The first-order valence-corrected chi connectivity index (χ1v) is 6.86. The summed E-state index contributed by atoms with van der Waals surface area (Å²) < 4.78 is 5.54. The first-order chi connectivity index (χ1) is 10.3. The van der Waals surface area contributed by atoms with Gasteiger partial charge < -0.3 is 15.2 Å². The van der Waals surface area contributed by atoms with Crippen LogP contribution in [-0.4, -0.2) is 24.8 Å². The van der Waals surface area contributed by atoms with Crippen LogP contribution in [0, 0.1) is 11.3 Å². The van der Waals surface area contributed by atoms with E-state index in [9.17, 15) is 5.11 Å². The molecule has 4 heteroatoms. The zero-order valence-electron chi connectivity index (χ0n) is 11.7. The normalized spacial score (nSPS) is 11.6. The zero-order valence-corrected chi connectivity index (χ0v) is 11.7. The van der Waals surface area contributed by atoms with E-state index in [0.29, 0.717) is 25.3 Å². The molecule has 0 saturated heterocycles. The third-order valence-corrected chi connectivity index (χ3v) is 3.05. The van der Waals surface area contributed by atoms with Gasteiger partial charge in [0.1, 0.15) is 12.4 Å². The van der Waals surface area contributed by atoms with Crippen LogP contribution in [0.3, 0.4) is 0 Å². The van der Waals surface area contributed by atoms with Gasteiger partial charge in [0.25, 0.3) is 0 Å². The van der Waals surface area contributed by atoms with Gasteiger partial charge in [0.2, 0.25) is 0 Å². The predicted octanol–water partition coefficient (Wildman–Crippen LogP) is 2.26. The quantitative estimate of drug-likeness (QED) is 0.765. The Kier molecular flexibility index (Phi) is 5.77. The van der Waals surface area contributed by atoms with Crippen LogP contribution in [0.5, 0.6) is 5.75 Å². The van der Waals surface area contributed by atoms with Gasteiger partial charge in [-0.05, 0) is 29.8 Å². The number of nitrogens with one attached hydrogen (secondary N) is 1. The van der Waals surface area contributed by atoms with Crippen molar-refractivity contribution in [3.63, 3.8) is 0 Å². The number of nitriles is 1. The van der Waals surface area contributed by atoms with Gasteiger partial charge in [0, 0.05) is 13.1 Å².